The molecular weight excluding hydrogens is 342 g/mol. The first-order valence-corrected chi connectivity index (χ1v) is 9.75. The molecule has 0 saturated carbocycles. The standard InChI is InChI=1S/C21H33N3O3/c1-21(2,14-17-8-5-4-6-9-17)16-22-20(27)24-12-7-10-18(11-13-24)23(3)15-19(25)26/h4-6,8-9,18H,7,10-16H2,1-3H3,(H,22,27)(H,25,26). The summed E-state index contributed by atoms with van der Waals surface area (Å²) in [5, 5.41) is 12.1. The van der Waals surface area contributed by atoms with Gasteiger partial charge >= 0.3 is 12.0 Å². The van der Waals surface area contributed by atoms with Gasteiger partial charge in [-0.15, -0.1) is 0 Å². The van der Waals surface area contributed by atoms with E-state index in [9.17, 15) is 9.59 Å². The largest absolute Gasteiger partial charge is 0.480 e. The second-order valence-electron chi connectivity index (χ2n) is 8.37. The van der Waals surface area contributed by atoms with Gasteiger partial charge in [0.2, 0.25) is 0 Å². The van der Waals surface area contributed by atoms with Crippen molar-refractivity contribution in [2.45, 2.75) is 45.6 Å². The van der Waals surface area contributed by atoms with Gasteiger partial charge in [0, 0.05) is 25.7 Å². The van der Waals surface area contributed by atoms with E-state index in [1.54, 1.807) is 0 Å². The molecule has 6 nitrogen and oxygen atoms in total. The van der Waals surface area contributed by atoms with Gasteiger partial charge in [0.25, 0.3) is 0 Å². The summed E-state index contributed by atoms with van der Waals surface area (Å²) in [5.41, 5.74) is 1.25. The molecule has 2 rings (SSSR count). The van der Waals surface area contributed by atoms with E-state index >= 15 is 0 Å². The van der Waals surface area contributed by atoms with E-state index in [1.807, 2.05) is 35.0 Å². The Balaban J connectivity index is 1.81. The van der Waals surface area contributed by atoms with Crippen molar-refractivity contribution in [3.05, 3.63) is 35.9 Å². The molecule has 1 saturated heterocycles. The molecule has 0 bridgehead atoms. The summed E-state index contributed by atoms with van der Waals surface area (Å²) in [6.07, 6.45) is 3.54. The van der Waals surface area contributed by atoms with Crippen LogP contribution in [0.1, 0.15) is 38.7 Å². The third-order valence-electron chi connectivity index (χ3n) is 5.24. The molecule has 6 heteroatoms. The predicted octanol–water partition coefficient (Wildman–Crippen LogP) is 2.84. The predicted molar refractivity (Wildman–Crippen MR) is 107 cm³/mol. The van der Waals surface area contributed by atoms with E-state index in [4.69, 9.17) is 5.11 Å². The number of rotatable bonds is 7. The van der Waals surface area contributed by atoms with Gasteiger partial charge in [0.1, 0.15) is 0 Å². The number of carbonyl (C=O) groups excluding carboxylic acids is 1. The van der Waals surface area contributed by atoms with Crippen LogP contribution in [-0.4, -0.2) is 66.2 Å². The number of hydrogen-bond donors (Lipinski definition) is 2. The van der Waals surface area contributed by atoms with Crippen LogP contribution in [0.5, 0.6) is 0 Å². The lowest BCUT2D eigenvalue weighted by Gasteiger charge is -2.28. The van der Waals surface area contributed by atoms with Crippen LogP contribution < -0.4 is 5.32 Å². The minimum atomic E-state index is -0.808. The summed E-state index contributed by atoms with van der Waals surface area (Å²) in [6.45, 7) is 6.39. The number of aliphatic carboxylic acids is 1. The maximum absolute atomic E-state index is 12.6. The first-order chi connectivity index (χ1) is 12.8. The minimum absolute atomic E-state index is 0.0160. The highest BCUT2D eigenvalue weighted by atomic mass is 16.4. The lowest BCUT2D eigenvalue weighted by atomic mass is 9.86. The third-order valence-corrected chi connectivity index (χ3v) is 5.24. The molecule has 1 atom stereocenters. The van der Waals surface area contributed by atoms with Crippen molar-refractivity contribution in [1.82, 2.24) is 15.1 Å². The number of hydrogen-bond acceptors (Lipinski definition) is 3. The summed E-state index contributed by atoms with van der Waals surface area (Å²) >= 11 is 0. The fourth-order valence-corrected chi connectivity index (χ4v) is 3.70. The molecule has 1 fully saturated rings. The number of benzene rings is 1. The molecule has 1 aromatic carbocycles. The van der Waals surface area contributed by atoms with Crippen LogP contribution in [-0.2, 0) is 11.2 Å². The molecule has 0 aromatic heterocycles. The van der Waals surface area contributed by atoms with Gasteiger partial charge in [-0.25, -0.2) is 4.79 Å². The summed E-state index contributed by atoms with van der Waals surface area (Å²) in [5.74, 6) is -0.808. The van der Waals surface area contributed by atoms with Crippen LogP contribution >= 0.6 is 0 Å². The normalized spacial score (nSPS) is 18.2. The average molecular weight is 376 g/mol. The van der Waals surface area contributed by atoms with Gasteiger partial charge in [-0.05, 0) is 43.7 Å². The highest BCUT2D eigenvalue weighted by molar-refractivity contribution is 5.74. The van der Waals surface area contributed by atoms with Crippen molar-refractivity contribution in [1.29, 1.82) is 0 Å². The lowest BCUT2D eigenvalue weighted by molar-refractivity contribution is -0.138. The number of nitrogens with one attached hydrogen (secondary N) is 1. The number of urea groups is 1. The second kappa shape index (κ2) is 9.74. The smallest absolute Gasteiger partial charge is 0.317 e. The van der Waals surface area contributed by atoms with Crippen LogP contribution in [0.4, 0.5) is 4.79 Å². The third kappa shape index (κ3) is 7.21. The van der Waals surface area contributed by atoms with Crippen molar-refractivity contribution in [3.8, 4) is 0 Å². The molecule has 2 N–H and O–H groups in total. The fraction of sp³-hybridized carbons (Fsp3) is 0.619. The highest BCUT2D eigenvalue weighted by Crippen LogP contribution is 2.21. The number of likely N-dealkylation sites (tertiary alicyclic amines) is 1. The Hall–Kier alpha value is -2.08. The Morgan fingerprint density at radius 1 is 1.22 bits per heavy atom. The lowest BCUT2D eigenvalue weighted by Crippen LogP contribution is -2.45. The zero-order chi connectivity index (χ0) is 19.9. The summed E-state index contributed by atoms with van der Waals surface area (Å²) in [6, 6.07) is 10.5. The minimum Gasteiger partial charge on any atom is -0.480 e. The van der Waals surface area contributed by atoms with Gasteiger partial charge in [-0.2, -0.15) is 0 Å². The number of likely N-dealkylation sites (N-methyl/N-ethyl adjacent to an activating group) is 1. The summed E-state index contributed by atoms with van der Waals surface area (Å²) in [4.78, 5) is 27.3. The first kappa shape index (κ1) is 21.2. The second-order valence-corrected chi connectivity index (χ2v) is 8.37. The fourth-order valence-electron chi connectivity index (χ4n) is 3.70. The molecule has 0 spiro atoms. The molecule has 2 amide bonds. The van der Waals surface area contributed by atoms with Gasteiger partial charge in [0.15, 0.2) is 0 Å². The molecule has 1 aromatic rings. The average Bonchev–Trinajstić information content (AvgIpc) is 2.86. The number of carbonyl (C=O) groups is 2. The van der Waals surface area contributed by atoms with E-state index in [0.717, 1.165) is 32.2 Å². The molecular formula is C21H33N3O3. The van der Waals surface area contributed by atoms with Crippen molar-refractivity contribution in [2.24, 2.45) is 5.41 Å². The van der Waals surface area contributed by atoms with Crippen LogP contribution in [0.15, 0.2) is 30.3 Å². The Morgan fingerprint density at radius 2 is 1.93 bits per heavy atom. The summed E-state index contributed by atoms with van der Waals surface area (Å²) in [7, 11) is 1.85. The number of carboxylic acid groups (broad SMARTS) is 1. The molecule has 0 radical (unpaired) electrons. The van der Waals surface area contributed by atoms with Crippen LogP contribution in [0.25, 0.3) is 0 Å². The number of nitrogens with zero attached hydrogens (tertiary/aromatic N) is 2. The maximum atomic E-state index is 12.6. The van der Waals surface area contributed by atoms with E-state index in [1.165, 1.54) is 5.56 Å². The zero-order valence-electron chi connectivity index (χ0n) is 16.8. The molecule has 1 aliphatic rings. The SMILES string of the molecule is CN(CC(=O)O)C1CCCN(C(=O)NCC(C)(C)Cc2ccccc2)CC1. The topological polar surface area (TPSA) is 72.9 Å². The van der Waals surface area contributed by atoms with E-state index in [2.05, 4.69) is 31.3 Å². The van der Waals surface area contributed by atoms with Crippen LogP contribution in [0, 0.1) is 5.41 Å². The molecule has 27 heavy (non-hydrogen) atoms. The zero-order valence-corrected chi connectivity index (χ0v) is 16.8. The number of amides is 2. The van der Waals surface area contributed by atoms with E-state index in [0.29, 0.717) is 13.1 Å². The van der Waals surface area contributed by atoms with E-state index in [-0.39, 0.29) is 24.0 Å². The molecule has 1 heterocycles. The van der Waals surface area contributed by atoms with Gasteiger partial charge in [-0.1, -0.05) is 44.2 Å². The van der Waals surface area contributed by atoms with Gasteiger partial charge in [0.05, 0.1) is 6.54 Å². The first-order valence-electron chi connectivity index (χ1n) is 9.75. The molecule has 150 valence electrons. The van der Waals surface area contributed by atoms with Crippen LogP contribution in [0.2, 0.25) is 0 Å². The highest BCUT2D eigenvalue weighted by Gasteiger charge is 2.25. The molecule has 1 unspecified atom stereocenters. The van der Waals surface area contributed by atoms with Crippen molar-refractivity contribution >= 4 is 12.0 Å². The molecule has 0 aliphatic carbocycles. The summed E-state index contributed by atoms with van der Waals surface area (Å²) < 4.78 is 0. The van der Waals surface area contributed by atoms with Gasteiger partial charge in [-0.3, -0.25) is 9.69 Å². The Bertz CT molecular complexity index is 618. The maximum Gasteiger partial charge on any atom is 0.317 e. The monoisotopic (exact) mass is 375 g/mol. The van der Waals surface area contributed by atoms with E-state index < -0.39 is 5.97 Å². The molecule has 1 aliphatic heterocycles. The van der Waals surface area contributed by atoms with Crippen LogP contribution in [0.3, 0.4) is 0 Å². The van der Waals surface area contributed by atoms with Gasteiger partial charge < -0.3 is 15.3 Å². The quantitative estimate of drug-likeness (QED) is 0.769. The Labute approximate surface area is 162 Å². The van der Waals surface area contributed by atoms with Crippen molar-refractivity contribution in [3.63, 3.8) is 0 Å². The Kier molecular flexibility index (Phi) is 7.66. The Morgan fingerprint density at radius 3 is 2.59 bits per heavy atom. The van der Waals surface area contributed by atoms with Crippen molar-refractivity contribution < 1.29 is 14.7 Å². The number of carboxylic acids is 1. The van der Waals surface area contributed by atoms with Crippen molar-refractivity contribution in [2.75, 3.05) is 33.2 Å².